The predicted molar refractivity (Wildman–Crippen MR) is 85.8 cm³/mol. The van der Waals surface area contributed by atoms with Crippen LogP contribution in [0.25, 0.3) is 0 Å². The Morgan fingerprint density at radius 3 is 2.87 bits per heavy atom. The number of hydrogen-bond acceptors (Lipinski definition) is 4. The third kappa shape index (κ3) is 4.91. The van der Waals surface area contributed by atoms with Gasteiger partial charge in [-0.05, 0) is 12.8 Å². The van der Waals surface area contributed by atoms with Gasteiger partial charge in [-0.15, -0.1) is 0 Å². The van der Waals surface area contributed by atoms with Gasteiger partial charge in [-0.1, -0.05) is 13.8 Å². The normalized spacial score (nSPS) is 17.8. The Morgan fingerprint density at radius 1 is 1.48 bits per heavy atom. The van der Waals surface area contributed by atoms with Crippen molar-refractivity contribution in [2.45, 2.75) is 33.6 Å². The minimum atomic E-state index is -0.282. The fourth-order valence-electron chi connectivity index (χ4n) is 2.79. The third-order valence-corrected chi connectivity index (χ3v) is 3.76. The second-order valence-electron chi connectivity index (χ2n) is 6.46. The summed E-state index contributed by atoms with van der Waals surface area (Å²) in [6.07, 6.45) is 0.772. The molecular formula is C16H24N4O3. The van der Waals surface area contributed by atoms with Crippen LogP contribution in [0.4, 0.5) is 0 Å². The molecule has 0 unspecified atom stereocenters. The Kier molecular flexibility index (Phi) is 5.52. The molecule has 1 aliphatic heterocycles. The smallest absolute Gasteiger partial charge is 0.251 e. The summed E-state index contributed by atoms with van der Waals surface area (Å²) in [6.45, 7) is 7.42. The summed E-state index contributed by atoms with van der Waals surface area (Å²) >= 11 is 0. The summed E-state index contributed by atoms with van der Waals surface area (Å²) < 4.78 is 0. The SMILES string of the molecule is Cc1nc(CCNC(=O)[C@@H]2CC(=O)N(CC(C)C)C2)cc(=O)[nH]1. The predicted octanol–water partition coefficient (Wildman–Crippen LogP) is 0.242. The van der Waals surface area contributed by atoms with Crippen molar-refractivity contribution in [3.8, 4) is 0 Å². The quantitative estimate of drug-likeness (QED) is 0.785. The van der Waals surface area contributed by atoms with E-state index in [9.17, 15) is 14.4 Å². The van der Waals surface area contributed by atoms with Gasteiger partial charge in [-0.25, -0.2) is 4.98 Å². The van der Waals surface area contributed by atoms with E-state index in [0.717, 1.165) is 0 Å². The van der Waals surface area contributed by atoms with Crippen LogP contribution in [-0.4, -0.2) is 46.3 Å². The maximum absolute atomic E-state index is 12.2. The zero-order chi connectivity index (χ0) is 17.0. The number of hydrogen-bond donors (Lipinski definition) is 2. The average molecular weight is 320 g/mol. The molecule has 1 aromatic rings. The molecule has 23 heavy (non-hydrogen) atoms. The number of likely N-dealkylation sites (tertiary alicyclic amines) is 1. The van der Waals surface area contributed by atoms with Crippen LogP contribution in [-0.2, 0) is 16.0 Å². The zero-order valence-corrected chi connectivity index (χ0v) is 13.9. The summed E-state index contributed by atoms with van der Waals surface area (Å²) in [7, 11) is 0. The second kappa shape index (κ2) is 7.39. The van der Waals surface area contributed by atoms with E-state index in [0.29, 0.717) is 43.5 Å². The molecule has 2 N–H and O–H groups in total. The van der Waals surface area contributed by atoms with Gasteiger partial charge in [0.2, 0.25) is 11.8 Å². The van der Waals surface area contributed by atoms with Crippen LogP contribution in [0, 0.1) is 18.8 Å². The van der Waals surface area contributed by atoms with Gasteiger partial charge >= 0.3 is 0 Å². The molecular weight excluding hydrogens is 296 g/mol. The molecule has 0 radical (unpaired) electrons. The van der Waals surface area contributed by atoms with Crippen molar-refractivity contribution in [3.05, 3.63) is 27.9 Å². The molecule has 1 aromatic heterocycles. The molecule has 126 valence electrons. The number of nitrogens with zero attached hydrogens (tertiary/aromatic N) is 2. The molecule has 0 spiro atoms. The molecule has 2 rings (SSSR count). The number of H-pyrrole nitrogens is 1. The largest absolute Gasteiger partial charge is 0.355 e. The highest BCUT2D eigenvalue weighted by molar-refractivity contribution is 5.89. The van der Waals surface area contributed by atoms with Crippen molar-refractivity contribution in [1.82, 2.24) is 20.2 Å². The van der Waals surface area contributed by atoms with E-state index in [2.05, 4.69) is 29.1 Å². The first-order chi connectivity index (χ1) is 10.8. The molecule has 7 heteroatoms. The zero-order valence-electron chi connectivity index (χ0n) is 13.9. The summed E-state index contributed by atoms with van der Waals surface area (Å²) in [5.41, 5.74) is 0.458. The van der Waals surface area contributed by atoms with Crippen LogP contribution in [0.2, 0.25) is 0 Å². The molecule has 2 heterocycles. The number of nitrogens with one attached hydrogen (secondary N) is 2. The molecule has 0 saturated carbocycles. The maximum Gasteiger partial charge on any atom is 0.251 e. The van der Waals surface area contributed by atoms with Crippen molar-refractivity contribution in [2.24, 2.45) is 11.8 Å². The van der Waals surface area contributed by atoms with E-state index in [4.69, 9.17) is 0 Å². The third-order valence-electron chi connectivity index (χ3n) is 3.76. The Labute approximate surface area is 135 Å². The van der Waals surface area contributed by atoms with E-state index < -0.39 is 0 Å². The summed E-state index contributed by atoms with van der Waals surface area (Å²) in [4.78, 5) is 44.0. The highest BCUT2D eigenvalue weighted by Crippen LogP contribution is 2.19. The lowest BCUT2D eigenvalue weighted by atomic mass is 10.1. The van der Waals surface area contributed by atoms with Gasteiger partial charge in [0, 0.05) is 44.2 Å². The summed E-state index contributed by atoms with van der Waals surface area (Å²) in [5.74, 6) is 0.614. The van der Waals surface area contributed by atoms with Gasteiger partial charge in [-0.2, -0.15) is 0 Å². The van der Waals surface area contributed by atoms with E-state index in [1.807, 2.05) is 0 Å². The Bertz CT molecular complexity index is 638. The van der Waals surface area contributed by atoms with Gasteiger partial charge in [0.05, 0.1) is 5.92 Å². The topological polar surface area (TPSA) is 95.2 Å². The first-order valence-electron chi connectivity index (χ1n) is 7.97. The lowest BCUT2D eigenvalue weighted by molar-refractivity contribution is -0.129. The van der Waals surface area contributed by atoms with Crippen LogP contribution in [0.5, 0.6) is 0 Å². The van der Waals surface area contributed by atoms with E-state index in [1.54, 1.807) is 11.8 Å². The van der Waals surface area contributed by atoms with E-state index in [1.165, 1.54) is 6.07 Å². The summed E-state index contributed by atoms with van der Waals surface area (Å²) in [6, 6.07) is 1.43. The van der Waals surface area contributed by atoms with Crippen molar-refractivity contribution in [2.75, 3.05) is 19.6 Å². The molecule has 1 atom stereocenters. The van der Waals surface area contributed by atoms with Gasteiger partial charge in [0.25, 0.3) is 5.56 Å². The number of aromatic nitrogens is 2. The van der Waals surface area contributed by atoms with Crippen molar-refractivity contribution < 1.29 is 9.59 Å². The number of aryl methyl sites for hydroxylation is 1. The molecule has 1 saturated heterocycles. The highest BCUT2D eigenvalue weighted by Gasteiger charge is 2.34. The Balaban J connectivity index is 1.81. The van der Waals surface area contributed by atoms with Crippen molar-refractivity contribution in [1.29, 1.82) is 0 Å². The van der Waals surface area contributed by atoms with Crippen LogP contribution in [0.3, 0.4) is 0 Å². The lowest BCUT2D eigenvalue weighted by Crippen LogP contribution is -2.35. The molecule has 1 fully saturated rings. The molecule has 7 nitrogen and oxygen atoms in total. The number of amides is 2. The number of carbonyl (C=O) groups is 2. The lowest BCUT2D eigenvalue weighted by Gasteiger charge is -2.18. The minimum absolute atomic E-state index is 0.0470. The molecule has 2 amide bonds. The number of aromatic amines is 1. The van der Waals surface area contributed by atoms with Gasteiger partial charge in [0.15, 0.2) is 0 Å². The van der Waals surface area contributed by atoms with Crippen LogP contribution < -0.4 is 10.9 Å². The fourth-order valence-corrected chi connectivity index (χ4v) is 2.79. The van der Waals surface area contributed by atoms with E-state index >= 15 is 0 Å². The average Bonchev–Trinajstić information content (AvgIpc) is 2.78. The Morgan fingerprint density at radius 2 is 2.22 bits per heavy atom. The first kappa shape index (κ1) is 17.2. The second-order valence-corrected chi connectivity index (χ2v) is 6.46. The molecule has 0 aromatic carbocycles. The van der Waals surface area contributed by atoms with Crippen molar-refractivity contribution in [3.63, 3.8) is 0 Å². The van der Waals surface area contributed by atoms with Crippen LogP contribution >= 0.6 is 0 Å². The monoisotopic (exact) mass is 320 g/mol. The van der Waals surface area contributed by atoms with Crippen molar-refractivity contribution >= 4 is 11.8 Å². The van der Waals surface area contributed by atoms with Gasteiger partial charge in [0.1, 0.15) is 5.82 Å². The molecule has 0 bridgehead atoms. The van der Waals surface area contributed by atoms with Crippen LogP contribution in [0.1, 0.15) is 31.8 Å². The van der Waals surface area contributed by atoms with Crippen LogP contribution in [0.15, 0.2) is 10.9 Å². The standard InChI is InChI=1S/C16H24N4O3/c1-10(2)8-20-9-12(6-15(20)22)16(23)17-5-4-13-7-14(21)19-11(3)18-13/h7,10,12H,4-6,8-9H2,1-3H3,(H,17,23)(H,18,19,21)/t12-/m1/s1. The maximum atomic E-state index is 12.2. The Hall–Kier alpha value is -2.18. The highest BCUT2D eigenvalue weighted by atomic mass is 16.2. The fraction of sp³-hybridized carbons (Fsp3) is 0.625. The van der Waals surface area contributed by atoms with E-state index in [-0.39, 0.29) is 29.7 Å². The first-order valence-corrected chi connectivity index (χ1v) is 7.97. The van der Waals surface area contributed by atoms with Gasteiger partial charge < -0.3 is 15.2 Å². The number of carbonyl (C=O) groups excluding carboxylic acids is 2. The number of rotatable bonds is 6. The summed E-state index contributed by atoms with van der Waals surface area (Å²) in [5, 5.41) is 2.84. The minimum Gasteiger partial charge on any atom is -0.355 e. The van der Waals surface area contributed by atoms with Gasteiger partial charge in [-0.3, -0.25) is 14.4 Å². The molecule has 1 aliphatic rings. The molecule has 0 aliphatic carbocycles.